The Hall–Kier alpha value is -2.27. The summed E-state index contributed by atoms with van der Waals surface area (Å²) >= 11 is 0. The van der Waals surface area contributed by atoms with Crippen LogP contribution in [0.25, 0.3) is 0 Å². The predicted molar refractivity (Wildman–Crippen MR) is 80.8 cm³/mol. The van der Waals surface area contributed by atoms with Gasteiger partial charge in [0.05, 0.1) is 11.6 Å². The van der Waals surface area contributed by atoms with Crippen LogP contribution >= 0.6 is 0 Å². The molecule has 1 aromatic heterocycles. The van der Waals surface area contributed by atoms with Gasteiger partial charge in [-0.15, -0.1) is 0 Å². The molecule has 0 aliphatic carbocycles. The van der Waals surface area contributed by atoms with E-state index in [4.69, 9.17) is 4.84 Å². The lowest BCUT2D eigenvalue weighted by molar-refractivity contribution is 0.0745. The standard InChI is InChI=1S/C17H16FN3O/c18-15-6-2-1-5-13(15)17-14-10-21(11-16(14)22-20-17)9-12-4-3-7-19-8-12/h1-8,14,16H,9-11H2/t14-,16+/m0/s1. The average Bonchev–Trinajstić information content (AvgIpc) is 3.09. The van der Waals surface area contributed by atoms with Gasteiger partial charge in [-0.25, -0.2) is 4.39 Å². The zero-order chi connectivity index (χ0) is 14.9. The monoisotopic (exact) mass is 297 g/mol. The fourth-order valence-corrected chi connectivity index (χ4v) is 3.21. The molecule has 0 amide bonds. The molecular formula is C17H16FN3O. The second-order valence-corrected chi connectivity index (χ2v) is 5.76. The summed E-state index contributed by atoms with van der Waals surface area (Å²) in [6.07, 6.45) is 3.67. The maximum Gasteiger partial charge on any atom is 0.149 e. The molecule has 5 heteroatoms. The average molecular weight is 297 g/mol. The van der Waals surface area contributed by atoms with Crippen molar-refractivity contribution in [3.05, 3.63) is 65.7 Å². The third-order valence-electron chi connectivity index (χ3n) is 4.26. The van der Waals surface area contributed by atoms with Gasteiger partial charge in [0.15, 0.2) is 0 Å². The molecule has 22 heavy (non-hydrogen) atoms. The Morgan fingerprint density at radius 3 is 2.91 bits per heavy atom. The molecule has 0 bridgehead atoms. The van der Waals surface area contributed by atoms with E-state index < -0.39 is 0 Å². The highest BCUT2D eigenvalue weighted by Gasteiger charge is 2.43. The summed E-state index contributed by atoms with van der Waals surface area (Å²) in [4.78, 5) is 12.0. The van der Waals surface area contributed by atoms with Gasteiger partial charge in [-0.05, 0) is 17.7 Å². The normalized spacial score (nSPS) is 24.0. The van der Waals surface area contributed by atoms with Gasteiger partial charge in [0.25, 0.3) is 0 Å². The molecule has 0 radical (unpaired) electrons. The number of nitrogens with zero attached hydrogens (tertiary/aromatic N) is 3. The molecular weight excluding hydrogens is 281 g/mol. The summed E-state index contributed by atoms with van der Waals surface area (Å²) in [5, 5.41) is 4.13. The van der Waals surface area contributed by atoms with E-state index in [1.807, 2.05) is 18.3 Å². The molecule has 0 spiro atoms. The maximum absolute atomic E-state index is 14.0. The van der Waals surface area contributed by atoms with Crippen molar-refractivity contribution in [3.8, 4) is 0 Å². The second-order valence-electron chi connectivity index (χ2n) is 5.76. The fourth-order valence-electron chi connectivity index (χ4n) is 3.21. The molecule has 1 aromatic carbocycles. The van der Waals surface area contributed by atoms with Crippen LogP contribution in [0.4, 0.5) is 4.39 Å². The van der Waals surface area contributed by atoms with Crippen LogP contribution in [0.3, 0.4) is 0 Å². The van der Waals surface area contributed by atoms with Gasteiger partial charge in [-0.2, -0.15) is 0 Å². The number of oxime groups is 1. The lowest BCUT2D eigenvalue weighted by atomic mass is 9.94. The molecule has 2 aliphatic heterocycles. The van der Waals surface area contributed by atoms with Gasteiger partial charge in [-0.1, -0.05) is 29.4 Å². The fraction of sp³-hybridized carbons (Fsp3) is 0.294. The van der Waals surface area contributed by atoms with E-state index in [0.717, 1.165) is 25.3 Å². The molecule has 0 unspecified atom stereocenters. The summed E-state index contributed by atoms with van der Waals surface area (Å²) < 4.78 is 14.0. The minimum Gasteiger partial charge on any atom is -0.390 e. The Labute approximate surface area is 128 Å². The third kappa shape index (κ3) is 2.37. The number of hydrogen-bond acceptors (Lipinski definition) is 4. The molecule has 3 heterocycles. The second kappa shape index (κ2) is 5.50. The lowest BCUT2D eigenvalue weighted by Crippen LogP contribution is -2.23. The highest BCUT2D eigenvalue weighted by molar-refractivity contribution is 6.03. The topological polar surface area (TPSA) is 37.7 Å². The van der Waals surface area contributed by atoms with Gasteiger partial charge in [0.2, 0.25) is 0 Å². The number of hydrogen-bond donors (Lipinski definition) is 0. The number of pyridine rings is 1. The first kappa shape index (κ1) is 13.4. The van der Waals surface area contributed by atoms with E-state index in [2.05, 4.69) is 21.1 Å². The molecule has 1 fully saturated rings. The first-order valence-corrected chi connectivity index (χ1v) is 7.41. The van der Waals surface area contributed by atoms with Crippen molar-refractivity contribution in [3.63, 3.8) is 0 Å². The zero-order valence-electron chi connectivity index (χ0n) is 12.0. The maximum atomic E-state index is 14.0. The Morgan fingerprint density at radius 2 is 2.09 bits per heavy atom. The SMILES string of the molecule is Fc1ccccc1C1=NO[C@@H]2CN(Cc3cccnc3)C[C@H]12. The van der Waals surface area contributed by atoms with Crippen molar-refractivity contribution >= 4 is 5.71 Å². The predicted octanol–water partition coefficient (Wildman–Crippen LogP) is 2.46. The number of likely N-dealkylation sites (tertiary alicyclic amines) is 1. The van der Waals surface area contributed by atoms with E-state index in [9.17, 15) is 4.39 Å². The first-order chi connectivity index (χ1) is 10.8. The molecule has 4 rings (SSSR count). The molecule has 112 valence electrons. The van der Waals surface area contributed by atoms with Gasteiger partial charge in [0.1, 0.15) is 11.9 Å². The van der Waals surface area contributed by atoms with Gasteiger partial charge in [0, 0.05) is 37.6 Å². The van der Waals surface area contributed by atoms with Crippen molar-refractivity contribution in [1.82, 2.24) is 9.88 Å². The molecule has 0 saturated carbocycles. The van der Waals surface area contributed by atoms with Crippen molar-refractivity contribution in [2.45, 2.75) is 12.6 Å². The van der Waals surface area contributed by atoms with Crippen molar-refractivity contribution in [1.29, 1.82) is 0 Å². The van der Waals surface area contributed by atoms with Crippen molar-refractivity contribution < 1.29 is 9.23 Å². The van der Waals surface area contributed by atoms with E-state index in [1.54, 1.807) is 18.3 Å². The third-order valence-corrected chi connectivity index (χ3v) is 4.26. The summed E-state index contributed by atoms with van der Waals surface area (Å²) in [6.45, 7) is 2.46. The highest BCUT2D eigenvalue weighted by atomic mass is 19.1. The molecule has 2 aromatic rings. The Balaban J connectivity index is 1.51. The van der Waals surface area contributed by atoms with E-state index in [1.165, 1.54) is 11.6 Å². The largest absolute Gasteiger partial charge is 0.390 e. The van der Waals surface area contributed by atoms with E-state index in [0.29, 0.717) is 5.56 Å². The first-order valence-electron chi connectivity index (χ1n) is 7.41. The van der Waals surface area contributed by atoms with E-state index in [-0.39, 0.29) is 17.8 Å². The number of benzene rings is 1. The lowest BCUT2D eigenvalue weighted by Gasteiger charge is -2.16. The quantitative estimate of drug-likeness (QED) is 0.873. The molecule has 1 saturated heterocycles. The molecule has 2 atom stereocenters. The van der Waals surface area contributed by atoms with Crippen LogP contribution in [0, 0.1) is 11.7 Å². The summed E-state index contributed by atoms with van der Waals surface area (Å²) in [7, 11) is 0. The summed E-state index contributed by atoms with van der Waals surface area (Å²) in [5.74, 6) is -0.107. The number of rotatable bonds is 3. The van der Waals surface area contributed by atoms with Crippen LogP contribution < -0.4 is 0 Å². The van der Waals surface area contributed by atoms with Gasteiger partial charge >= 0.3 is 0 Å². The smallest absolute Gasteiger partial charge is 0.149 e. The van der Waals surface area contributed by atoms with Crippen LogP contribution in [0.2, 0.25) is 0 Å². The minimum atomic E-state index is -0.240. The van der Waals surface area contributed by atoms with Crippen molar-refractivity contribution in [2.24, 2.45) is 11.1 Å². The number of aromatic nitrogens is 1. The van der Waals surface area contributed by atoms with Crippen LogP contribution in [0.5, 0.6) is 0 Å². The molecule has 4 nitrogen and oxygen atoms in total. The molecule has 0 N–H and O–H groups in total. The van der Waals surface area contributed by atoms with Crippen LogP contribution in [0.1, 0.15) is 11.1 Å². The zero-order valence-corrected chi connectivity index (χ0v) is 12.0. The van der Waals surface area contributed by atoms with Gasteiger partial charge in [-0.3, -0.25) is 9.88 Å². The number of halogens is 1. The highest BCUT2D eigenvalue weighted by Crippen LogP contribution is 2.31. The van der Waals surface area contributed by atoms with Crippen molar-refractivity contribution in [2.75, 3.05) is 13.1 Å². The summed E-state index contributed by atoms with van der Waals surface area (Å²) in [5.41, 5.74) is 2.46. The van der Waals surface area contributed by atoms with E-state index >= 15 is 0 Å². The Bertz CT molecular complexity index is 704. The minimum absolute atomic E-state index is 0.0197. The molecule has 2 aliphatic rings. The van der Waals surface area contributed by atoms with Crippen LogP contribution in [-0.4, -0.2) is 34.8 Å². The Morgan fingerprint density at radius 1 is 1.18 bits per heavy atom. The van der Waals surface area contributed by atoms with Gasteiger partial charge < -0.3 is 4.84 Å². The number of fused-ring (bicyclic) bond motifs is 1. The Kier molecular flexibility index (Phi) is 3.35. The van der Waals surface area contributed by atoms with Crippen LogP contribution in [0.15, 0.2) is 53.9 Å². The van der Waals surface area contributed by atoms with Crippen LogP contribution in [-0.2, 0) is 11.4 Å². The summed E-state index contributed by atoms with van der Waals surface area (Å²) in [6, 6.07) is 10.8.